The number of carbonyl (C=O) groups excluding carboxylic acids is 2. The number of rotatable bonds is 7. The summed E-state index contributed by atoms with van der Waals surface area (Å²) >= 11 is 1.60. The average molecular weight is 311 g/mol. The van der Waals surface area contributed by atoms with Crippen LogP contribution in [0.3, 0.4) is 0 Å². The summed E-state index contributed by atoms with van der Waals surface area (Å²) in [5, 5.41) is 9.46. The summed E-state index contributed by atoms with van der Waals surface area (Å²) in [4.78, 5) is 28.1. The van der Waals surface area contributed by atoms with Gasteiger partial charge in [-0.25, -0.2) is 0 Å². The van der Waals surface area contributed by atoms with Crippen LogP contribution < -0.4 is 0 Å². The average Bonchev–Trinajstić information content (AvgIpc) is 2.71. The Hall–Kier alpha value is -1.20. The van der Waals surface area contributed by atoms with Crippen molar-refractivity contribution in [3.8, 4) is 0 Å². The third-order valence-corrected chi connectivity index (χ3v) is 4.28. The maximum atomic E-state index is 12.2. The van der Waals surface area contributed by atoms with Crippen molar-refractivity contribution in [2.75, 3.05) is 6.54 Å². The molecule has 21 heavy (non-hydrogen) atoms. The van der Waals surface area contributed by atoms with Gasteiger partial charge in [0.1, 0.15) is 0 Å². The van der Waals surface area contributed by atoms with Gasteiger partial charge in [0.2, 0.25) is 5.91 Å². The van der Waals surface area contributed by atoms with Gasteiger partial charge < -0.3 is 10.0 Å². The highest BCUT2D eigenvalue weighted by Crippen LogP contribution is 2.22. The van der Waals surface area contributed by atoms with Gasteiger partial charge >= 0.3 is 0 Å². The summed E-state index contributed by atoms with van der Waals surface area (Å²) in [6.45, 7) is 9.69. The molecule has 0 aliphatic carbocycles. The molecule has 0 saturated carbocycles. The van der Waals surface area contributed by atoms with Crippen LogP contribution in [0.4, 0.5) is 0 Å². The number of hydrogen-bond acceptors (Lipinski definition) is 4. The van der Waals surface area contributed by atoms with Gasteiger partial charge in [-0.2, -0.15) is 0 Å². The molecule has 1 rings (SSSR count). The van der Waals surface area contributed by atoms with Crippen molar-refractivity contribution in [1.29, 1.82) is 0 Å². The predicted molar refractivity (Wildman–Crippen MR) is 85.9 cm³/mol. The standard InChI is InChI=1S/C16H25NO3S/c1-10(2)17(9-11(3)18)16(20)7-6-15(19)14-8-12(4)21-13(14)5/h8,10-11,18H,6-7,9H2,1-5H3. The molecule has 4 nitrogen and oxygen atoms in total. The van der Waals surface area contributed by atoms with Crippen LogP contribution in [0, 0.1) is 13.8 Å². The number of nitrogens with zero attached hydrogens (tertiary/aromatic N) is 1. The molecule has 1 atom stereocenters. The number of aliphatic hydroxyl groups excluding tert-OH is 1. The highest BCUT2D eigenvalue weighted by Gasteiger charge is 2.20. The molecular weight excluding hydrogens is 286 g/mol. The van der Waals surface area contributed by atoms with Crippen molar-refractivity contribution in [3.63, 3.8) is 0 Å². The fraction of sp³-hybridized carbons (Fsp3) is 0.625. The maximum absolute atomic E-state index is 12.2. The van der Waals surface area contributed by atoms with Gasteiger partial charge in [-0.15, -0.1) is 11.3 Å². The number of ketones is 1. The SMILES string of the molecule is Cc1cc(C(=O)CCC(=O)N(CC(C)O)C(C)C)c(C)s1. The second kappa shape index (κ2) is 7.71. The van der Waals surface area contributed by atoms with Crippen molar-refractivity contribution in [3.05, 3.63) is 21.4 Å². The van der Waals surface area contributed by atoms with Crippen LogP contribution in [-0.4, -0.2) is 40.4 Å². The lowest BCUT2D eigenvalue weighted by Gasteiger charge is -2.28. The van der Waals surface area contributed by atoms with Crippen LogP contribution in [0.15, 0.2) is 6.07 Å². The van der Waals surface area contributed by atoms with Crippen molar-refractivity contribution in [2.45, 2.75) is 59.6 Å². The summed E-state index contributed by atoms with van der Waals surface area (Å²) in [6.07, 6.45) is -0.148. The van der Waals surface area contributed by atoms with Crippen molar-refractivity contribution >= 4 is 23.0 Å². The van der Waals surface area contributed by atoms with Gasteiger partial charge in [-0.3, -0.25) is 9.59 Å². The molecule has 118 valence electrons. The van der Waals surface area contributed by atoms with Gasteiger partial charge in [-0.05, 0) is 40.7 Å². The number of amides is 1. The summed E-state index contributed by atoms with van der Waals surface area (Å²) in [5.41, 5.74) is 0.733. The summed E-state index contributed by atoms with van der Waals surface area (Å²) < 4.78 is 0. The number of aryl methyl sites for hydroxylation is 2. The smallest absolute Gasteiger partial charge is 0.223 e. The van der Waals surface area contributed by atoms with Gasteiger partial charge in [0.05, 0.1) is 6.10 Å². The Bertz CT molecular complexity index is 506. The van der Waals surface area contributed by atoms with E-state index in [0.717, 1.165) is 15.3 Å². The lowest BCUT2D eigenvalue weighted by Crippen LogP contribution is -2.41. The zero-order chi connectivity index (χ0) is 16.2. The van der Waals surface area contributed by atoms with E-state index in [1.165, 1.54) is 0 Å². The van der Waals surface area contributed by atoms with E-state index in [4.69, 9.17) is 0 Å². The van der Waals surface area contributed by atoms with Crippen LogP contribution in [0.1, 0.15) is 53.7 Å². The lowest BCUT2D eigenvalue weighted by atomic mass is 10.1. The molecule has 0 bridgehead atoms. The molecular formula is C16H25NO3S. The van der Waals surface area contributed by atoms with E-state index in [9.17, 15) is 14.7 Å². The minimum Gasteiger partial charge on any atom is -0.392 e. The fourth-order valence-electron chi connectivity index (χ4n) is 2.29. The fourth-order valence-corrected chi connectivity index (χ4v) is 3.23. The molecule has 1 amide bonds. The van der Waals surface area contributed by atoms with Crippen molar-refractivity contribution in [2.24, 2.45) is 0 Å². The second-order valence-electron chi connectivity index (χ2n) is 5.74. The first kappa shape index (κ1) is 17.9. The first-order valence-corrected chi connectivity index (χ1v) is 8.11. The Morgan fingerprint density at radius 2 is 1.86 bits per heavy atom. The number of aliphatic hydroxyl groups is 1. The number of thiophene rings is 1. The maximum Gasteiger partial charge on any atom is 0.223 e. The molecule has 0 fully saturated rings. The monoisotopic (exact) mass is 311 g/mol. The topological polar surface area (TPSA) is 57.6 Å². The van der Waals surface area contributed by atoms with Crippen LogP contribution >= 0.6 is 11.3 Å². The zero-order valence-electron chi connectivity index (χ0n) is 13.5. The van der Waals surface area contributed by atoms with Crippen molar-refractivity contribution < 1.29 is 14.7 Å². The Labute approximate surface area is 130 Å². The van der Waals surface area contributed by atoms with Gasteiger partial charge in [0.25, 0.3) is 0 Å². The molecule has 1 unspecified atom stereocenters. The van der Waals surface area contributed by atoms with E-state index < -0.39 is 6.10 Å². The molecule has 1 N–H and O–H groups in total. The van der Waals surface area contributed by atoms with Crippen LogP contribution in [0.25, 0.3) is 0 Å². The highest BCUT2D eigenvalue weighted by atomic mass is 32.1. The summed E-state index contributed by atoms with van der Waals surface area (Å²) in [6, 6.07) is 1.91. The molecule has 1 aromatic rings. The highest BCUT2D eigenvalue weighted by molar-refractivity contribution is 7.12. The molecule has 0 aliphatic rings. The van der Waals surface area contributed by atoms with Crippen LogP contribution in [0.5, 0.6) is 0 Å². The van der Waals surface area contributed by atoms with Gasteiger partial charge in [0.15, 0.2) is 5.78 Å². The number of Topliss-reactive ketones (excluding diaryl/α,β-unsaturated/α-hetero) is 1. The zero-order valence-corrected chi connectivity index (χ0v) is 14.3. The summed E-state index contributed by atoms with van der Waals surface area (Å²) in [5.74, 6) is -0.0604. The number of hydrogen-bond donors (Lipinski definition) is 1. The molecule has 0 aromatic carbocycles. The van der Waals surface area contributed by atoms with E-state index in [-0.39, 0.29) is 30.6 Å². The van der Waals surface area contributed by atoms with Gasteiger partial charge in [-0.1, -0.05) is 0 Å². The molecule has 1 heterocycles. The molecule has 0 saturated heterocycles. The largest absolute Gasteiger partial charge is 0.392 e. The normalized spacial score (nSPS) is 12.5. The Kier molecular flexibility index (Phi) is 6.55. The molecule has 5 heteroatoms. The van der Waals surface area contributed by atoms with Crippen molar-refractivity contribution in [1.82, 2.24) is 4.90 Å². The molecule has 0 spiro atoms. The minimum absolute atomic E-state index is 0.0194. The molecule has 1 aromatic heterocycles. The van der Waals surface area contributed by atoms with Gasteiger partial charge in [0, 0.05) is 40.7 Å². The van der Waals surface area contributed by atoms with E-state index in [1.54, 1.807) is 23.2 Å². The first-order valence-electron chi connectivity index (χ1n) is 7.30. The van der Waals surface area contributed by atoms with Crippen LogP contribution in [0.2, 0.25) is 0 Å². The second-order valence-corrected chi connectivity index (χ2v) is 7.20. The Balaban J connectivity index is 2.62. The van der Waals surface area contributed by atoms with E-state index >= 15 is 0 Å². The Morgan fingerprint density at radius 3 is 2.29 bits per heavy atom. The minimum atomic E-state index is -0.561. The third-order valence-electron chi connectivity index (χ3n) is 3.31. The number of carbonyl (C=O) groups is 2. The predicted octanol–water partition coefficient (Wildman–Crippen LogP) is 2.95. The third kappa shape index (κ3) is 5.25. The van der Waals surface area contributed by atoms with Crippen LogP contribution in [-0.2, 0) is 4.79 Å². The van der Waals surface area contributed by atoms with E-state index in [1.807, 2.05) is 33.8 Å². The Morgan fingerprint density at radius 1 is 1.24 bits per heavy atom. The van der Waals surface area contributed by atoms with E-state index in [0.29, 0.717) is 6.54 Å². The summed E-state index contributed by atoms with van der Waals surface area (Å²) in [7, 11) is 0. The molecule has 0 aliphatic heterocycles. The van der Waals surface area contributed by atoms with E-state index in [2.05, 4.69) is 0 Å². The lowest BCUT2D eigenvalue weighted by molar-refractivity contribution is -0.134. The first-order chi connectivity index (χ1) is 9.72. The quantitative estimate of drug-likeness (QED) is 0.788. The molecule has 0 radical (unpaired) electrons.